The molecule has 3 nitrogen and oxygen atoms in total. The van der Waals surface area contributed by atoms with Crippen molar-refractivity contribution in [3.8, 4) is 0 Å². The summed E-state index contributed by atoms with van der Waals surface area (Å²) in [6, 6.07) is 0. The van der Waals surface area contributed by atoms with Crippen LogP contribution in [-0.2, 0) is 9.53 Å². The first-order chi connectivity index (χ1) is 9.19. The van der Waals surface area contributed by atoms with Gasteiger partial charge in [-0.3, -0.25) is 4.79 Å². The number of hydrogen-bond donors (Lipinski definition) is 1. The van der Waals surface area contributed by atoms with Crippen LogP contribution in [0, 0.1) is 5.92 Å². The molecule has 0 bridgehead atoms. The van der Waals surface area contributed by atoms with Gasteiger partial charge in [0.25, 0.3) is 0 Å². The minimum atomic E-state index is -0.303. The van der Waals surface area contributed by atoms with Gasteiger partial charge in [0.05, 0.1) is 12.0 Å². The van der Waals surface area contributed by atoms with Crippen molar-refractivity contribution in [3.05, 3.63) is 0 Å². The zero-order valence-electron chi connectivity index (χ0n) is 12.6. The highest BCUT2D eigenvalue weighted by Crippen LogP contribution is 2.31. The fourth-order valence-corrected chi connectivity index (χ4v) is 2.72. The Labute approximate surface area is 117 Å². The Balaban J connectivity index is 2.16. The quantitative estimate of drug-likeness (QED) is 0.458. The monoisotopic (exact) mass is 270 g/mol. The molecule has 0 unspecified atom stereocenters. The van der Waals surface area contributed by atoms with E-state index in [0.717, 1.165) is 25.7 Å². The molecule has 0 aromatic heterocycles. The van der Waals surface area contributed by atoms with Gasteiger partial charge in [0.1, 0.15) is 6.10 Å². The first-order valence-electron chi connectivity index (χ1n) is 8.07. The Morgan fingerprint density at radius 1 is 1.11 bits per heavy atom. The smallest absolute Gasteiger partial charge is 0.313 e. The van der Waals surface area contributed by atoms with Crippen molar-refractivity contribution in [2.24, 2.45) is 5.92 Å². The lowest BCUT2D eigenvalue weighted by molar-refractivity contribution is -0.188. The molecule has 19 heavy (non-hydrogen) atoms. The number of aliphatic hydroxyl groups excluding tert-OH is 1. The van der Waals surface area contributed by atoms with Crippen molar-refractivity contribution in [1.29, 1.82) is 0 Å². The largest absolute Gasteiger partial charge is 0.461 e. The van der Waals surface area contributed by atoms with Crippen LogP contribution in [-0.4, -0.2) is 23.3 Å². The van der Waals surface area contributed by atoms with Gasteiger partial charge in [0.2, 0.25) is 0 Å². The van der Waals surface area contributed by atoms with Crippen LogP contribution in [0.15, 0.2) is 0 Å². The summed E-state index contributed by atoms with van der Waals surface area (Å²) in [7, 11) is 0. The maximum Gasteiger partial charge on any atom is 0.313 e. The lowest BCUT2D eigenvalue weighted by Crippen LogP contribution is -2.46. The summed E-state index contributed by atoms with van der Waals surface area (Å²) in [6.45, 7) is 4.35. The number of unbranched alkanes of at least 4 members (excludes halogenated alkanes) is 5. The normalized spacial score (nSPS) is 23.8. The standard InChI is InChI=1S/C16H30O3/c1-3-5-7-9-11-14-15(19-16(14)18)12-13(17)10-8-6-4-2/h13-15,17H,3-12H2,1-2H3/t13-,14-,15-/m0/s1. The summed E-state index contributed by atoms with van der Waals surface area (Å²) in [4.78, 5) is 11.4. The van der Waals surface area contributed by atoms with Gasteiger partial charge in [0.15, 0.2) is 0 Å². The van der Waals surface area contributed by atoms with E-state index in [2.05, 4.69) is 13.8 Å². The molecular weight excluding hydrogens is 240 g/mol. The fraction of sp³-hybridized carbons (Fsp3) is 0.938. The predicted molar refractivity (Wildman–Crippen MR) is 76.9 cm³/mol. The molecule has 0 spiro atoms. The van der Waals surface area contributed by atoms with E-state index in [4.69, 9.17) is 4.74 Å². The van der Waals surface area contributed by atoms with Crippen molar-refractivity contribution in [1.82, 2.24) is 0 Å². The molecule has 0 aromatic rings. The van der Waals surface area contributed by atoms with Gasteiger partial charge in [-0.2, -0.15) is 0 Å². The Morgan fingerprint density at radius 3 is 2.42 bits per heavy atom. The van der Waals surface area contributed by atoms with Crippen LogP contribution in [0.2, 0.25) is 0 Å². The average molecular weight is 270 g/mol. The first kappa shape index (κ1) is 16.5. The van der Waals surface area contributed by atoms with Crippen molar-refractivity contribution >= 4 is 5.97 Å². The fourth-order valence-electron chi connectivity index (χ4n) is 2.72. The second kappa shape index (κ2) is 9.35. The van der Waals surface area contributed by atoms with E-state index in [1.54, 1.807) is 0 Å². The van der Waals surface area contributed by atoms with Gasteiger partial charge >= 0.3 is 5.97 Å². The Hall–Kier alpha value is -0.570. The number of aliphatic hydroxyl groups is 1. The summed E-state index contributed by atoms with van der Waals surface area (Å²) >= 11 is 0. The molecule has 1 aliphatic heterocycles. The molecule has 0 amide bonds. The summed E-state index contributed by atoms with van der Waals surface area (Å²) in [5, 5.41) is 9.93. The van der Waals surface area contributed by atoms with Crippen molar-refractivity contribution in [2.75, 3.05) is 0 Å². The minimum absolute atomic E-state index is 0.0225. The second-order valence-corrected chi connectivity index (χ2v) is 5.82. The third-order valence-corrected chi connectivity index (χ3v) is 4.03. The highest BCUT2D eigenvalue weighted by Gasteiger charge is 2.42. The van der Waals surface area contributed by atoms with Gasteiger partial charge in [-0.05, 0) is 12.8 Å². The molecule has 1 saturated heterocycles. The van der Waals surface area contributed by atoms with Crippen LogP contribution >= 0.6 is 0 Å². The van der Waals surface area contributed by atoms with Crippen LogP contribution in [0.4, 0.5) is 0 Å². The molecule has 1 heterocycles. The van der Waals surface area contributed by atoms with Gasteiger partial charge < -0.3 is 9.84 Å². The van der Waals surface area contributed by atoms with E-state index >= 15 is 0 Å². The van der Waals surface area contributed by atoms with Crippen LogP contribution in [0.1, 0.15) is 78.1 Å². The Bertz CT molecular complexity index is 252. The van der Waals surface area contributed by atoms with E-state index in [0.29, 0.717) is 6.42 Å². The summed E-state index contributed by atoms with van der Waals surface area (Å²) in [5.41, 5.74) is 0. The predicted octanol–water partition coefficient (Wildman–Crippen LogP) is 3.83. The van der Waals surface area contributed by atoms with Crippen molar-refractivity contribution in [2.45, 2.75) is 90.3 Å². The van der Waals surface area contributed by atoms with E-state index in [-0.39, 0.29) is 24.1 Å². The Kier molecular flexibility index (Phi) is 8.11. The first-order valence-corrected chi connectivity index (χ1v) is 8.07. The minimum Gasteiger partial charge on any atom is -0.461 e. The third kappa shape index (κ3) is 5.94. The lowest BCUT2D eigenvalue weighted by Gasteiger charge is -2.36. The zero-order chi connectivity index (χ0) is 14.1. The number of hydrogen-bond acceptors (Lipinski definition) is 3. The number of carbonyl (C=O) groups is 1. The molecule has 0 aliphatic carbocycles. The van der Waals surface area contributed by atoms with E-state index < -0.39 is 0 Å². The number of carbonyl (C=O) groups excluding carboxylic acids is 1. The molecule has 112 valence electrons. The van der Waals surface area contributed by atoms with Crippen LogP contribution < -0.4 is 0 Å². The number of rotatable bonds is 11. The summed E-state index contributed by atoms with van der Waals surface area (Å²) < 4.78 is 5.19. The van der Waals surface area contributed by atoms with Crippen LogP contribution in [0.5, 0.6) is 0 Å². The van der Waals surface area contributed by atoms with Gasteiger partial charge in [-0.15, -0.1) is 0 Å². The SMILES string of the molecule is CCCCCC[C@@H]1C(=O)O[C@H]1C[C@@H](O)CCCCC. The molecular formula is C16H30O3. The molecule has 1 N–H and O–H groups in total. The average Bonchev–Trinajstić information content (AvgIpc) is 2.38. The third-order valence-electron chi connectivity index (χ3n) is 4.03. The van der Waals surface area contributed by atoms with Crippen LogP contribution in [0.3, 0.4) is 0 Å². The maximum absolute atomic E-state index is 11.4. The maximum atomic E-state index is 11.4. The molecule has 1 rings (SSSR count). The van der Waals surface area contributed by atoms with E-state index in [9.17, 15) is 9.90 Å². The molecule has 3 heteroatoms. The zero-order valence-corrected chi connectivity index (χ0v) is 12.6. The van der Waals surface area contributed by atoms with Crippen molar-refractivity contribution in [3.63, 3.8) is 0 Å². The molecule has 0 radical (unpaired) electrons. The topological polar surface area (TPSA) is 46.5 Å². The molecule has 1 aliphatic rings. The van der Waals surface area contributed by atoms with E-state index in [1.165, 1.54) is 32.1 Å². The van der Waals surface area contributed by atoms with Gasteiger partial charge in [0, 0.05) is 6.42 Å². The second-order valence-electron chi connectivity index (χ2n) is 5.82. The lowest BCUT2D eigenvalue weighted by atomic mass is 9.86. The van der Waals surface area contributed by atoms with Crippen molar-refractivity contribution < 1.29 is 14.6 Å². The number of esters is 1. The highest BCUT2D eigenvalue weighted by atomic mass is 16.6. The molecule has 1 fully saturated rings. The van der Waals surface area contributed by atoms with Crippen LogP contribution in [0.25, 0.3) is 0 Å². The molecule has 0 saturated carbocycles. The summed E-state index contributed by atoms with van der Waals surface area (Å²) in [5.74, 6) is -0.0000575. The molecule has 3 atom stereocenters. The molecule has 0 aromatic carbocycles. The number of cyclic esters (lactones) is 1. The van der Waals surface area contributed by atoms with Gasteiger partial charge in [-0.25, -0.2) is 0 Å². The van der Waals surface area contributed by atoms with E-state index in [1.807, 2.05) is 0 Å². The number of ether oxygens (including phenoxy) is 1. The van der Waals surface area contributed by atoms with Gasteiger partial charge in [-0.1, -0.05) is 58.8 Å². The highest BCUT2D eigenvalue weighted by molar-refractivity contribution is 5.78. The Morgan fingerprint density at radius 2 is 1.79 bits per heavy atom. The summed E-state index contributed by atoms with van der Waals surface area (Å²) in [6.07, 6.45) is 10.3.